The molecule has 0 fully saturated rings. The van der Waals surface area contributed by atoms with Crippen molar-refractivity contribution in [2.45, 2.75) is 33.7 Å². The van der Waals surface area contributed by atoms with Crippen LogP contribution in [0, 0.1) is 13.8 Å². The lowest BCUT2D eigenvalue weighted by molar-refractivity contribution is -0.117. The predicted molar refractivity (Wildman–Crippen MR) is 146 cm³/mol. The van der Waals surface area contributed by atoms with E-state index in [9.17, 15) is 9.59 Å². The van der Waals surface area contributed by atoms with Crippen LogP contribution in [0.5, 0.6) is 5.75 Å². The van der Waals surface area contributed by atoms with Crippen LogP contribution >= 0.6 is 0 Å². The Morgan fingerprint density at radius 1 is 0.973 bits per heavy atom. The second-order valence-corrected chi connectivity index (χ2v) is 9.26. The van der Waals surface area contributed by atoms with Gasteiger partial charge in [0.1, 0.15) is 12.3 Å². The number of nitrogens with one attached hydrogen (secondary N) is 1. The summed E-state index contributed by atoms with van der Waals surface area (Å²) < 4.78 is 7.06. The monoisotopic (exact) mass is 496 g/mol. The number of methoxy groups -OCH3 is 1. The number of rotatable bonds is 8. The third-order valence-electron chi connectivity index (χ3n) is 6.33. The van der Waals surface area contributed by atoms with Crippen molar-refractivity contribution in [1.29, 1.82) is 0 Å². The zero-order valence-electron chi connectivity index (χ0n) is 21.9. The molecule has 0 aliphatic rings. The third-order valence-corrected chi connectivity index (χ3v) is 6.33. The van der Waals surface area contributed by atoms with Gasteiger partial charge in [0, 0.05) is 29.1 Å². The highest BCUT2D eigenvalue weighted by Crippen LogP contribution is 2.25. The van der Waals surface area contributed by atoms with Crippen molar-refractivity contribution in [2.24, 2.45) is 0 Å². The zero-order valence-corrected chi connectivity index (χ0v) is 21.9. The van der Waals surface area contributed by atoms with Gasteiger partial charge in [-0.25, -0.2) is 4.98 Å². The molecule has 1 heterocycles. The molecule has 0 aliphatic heterocycles. The Kier molecular flexibility index (Phi) is 7.72. The number of carbonyl (C=O) groups is 2. The van der Waals surface area contributed by atoms with Gasteiger partial charge in [-0.05, 0) is 75.2 Å². The normalized spacial score (nSPS) is 10.9. The lowest BCUT2D eigenvalue weighted by Crippen LogP contribution is -2.42. The molecule has 7 nitrogen and oxygen atoms in total. The topological polar surface area (TPSA) is 76.5 Å². The summed E-state index contributed by atoms with van der Waals surface area (Å²) >= 11 is 0. The van der Waals surface area contributed by atoms with Gasteiger partial charge in [0.15, 0.2) is 0 Å². The van der Waals surface area contributed by atoms with Gasteiger partial charge in [-0.3, -0.25) is 19.5 Å². The number of hydrogen-bond donors (Lipinski definition) is 1. The van der Waals surface area contributed by atoms with Gasteiger partial charge >= 0.3 is 0 Å². The lowest BCUT2D eigenvalue weighted by atomic mass is 10.1. The van der Waals surface area contributed by atoms with Crippen LogP contribution in [0.25, 0.3) is 16.9 Å². The van der Waals surface area contributed by atoms with Crippen molar-refractivity contribution in [3.8, 4) is 22.7 Å². The molecule has 37 heavy (non-hydrogen) atoms. The zero-order chi connectivity index (χ0) is 26.5. The fourth-order valence-electron chi connectivity index (χ4n) is 4.00. The highest BCUT2D eigenvalue weighted by Gasteiger charge is 2.23. The van der Waals surface area contributed by atoms with Crippen LogP contribution in [0.15, 0.2) is 79.0 Å². The van der Waals surface area contributed by atoms with Crippen molar-refractivity contribution < 1.29 is 14.3 Å². The van der Waals surface area contributed by atoms with E-state index in [0.29, 0.717) is 17.3 Å². The number of anilines is 1. The van der Waals surface area contributed by atoms with Crippen molar-refractivity contribution in [3.05, 3.63) is 95.7 Å². The molecule has 0 radical (unpaired) electrons. The molecule has 190 valence electrons. The van der Waals surface area contributed by atoms with E-state index in [1.165, 1.54) is 5.56 Å². The predicted octanol–water partition coefficient (Wildman–Crippen LogP) is 5.65. The van der Waals surface area contributed by atoms with Gasteiger partial charge in [-0.15, -0.1) is 0 Å². The van der Waals surface area contributed by atoms with Crippen LogP contribution in [0.3, 0.4) is 0 Å². The SMILES string of the molecule is COc1ccc(C(=O)N(CC(=O)Nc2nc(-c3ccccc3)cn2-c2ccc(C)c(C)c2)C(C)C)cc1. The summed E-state index contributed by atoms with van der Waals surface area (Å²) in [5.74, 6) is 0.506. The number of imidazole rings is 1. The van der Waals surface area contributed by atoms with Crippen LogP contribution < -0.4 is 10.1 Å². The van der Waals surface area contributed by atoms with Gasteiger partial charge in [0.2, 0.25) is 11.9 Å². The molecule has 4 rings (SSSR count). The average molecular weight is 497 g/mol. The van der Waals surface area contributed by atoms with Gasteiger partial charge in [-0.2, -0.15) is 0 Å². The van der Waals surface area contributed by atoms with Crippen LogP contribution in [0.4, 0.5) is 5.95 Å². The Labute approximate surface area is 217 Å². The quantitative estimate of drug-likeness (QED) is 0.342. The molecule has 0 spiro atoms. The Morgan fingerprint density at radius 2 is 1.68 bits per heavy atom. The molecule has 1 N–H and O–H groups in total. The number of amides is 2. The standard InChI is InChI=1S/C30H32N4O3/c1-20(2)33(29(36)24-12-15-26(37-5)16-13-24)19-28(35)32-30-31-27(23-9-7-6-8-10-23)18-34(30)25-14-11-21(3)22(4)17-25/h6-18,20H,19H2,1-5H3,(H,31,32,35). The van der Waals surface area contributed by atoms with E-state index in [-0.39, 0.29) is 24.4 Å². The molecular weight excluding hydrogens is 464 g/mol. The maximum atomic E-state index is 13.2. The minimum Gasteiger partial charge on any atom is -0.497 e. The summed E-state index contributed by atoms with van der Waals surface area (Å²) in [5, 5.41) is 2.94. The lowest BCUT2D eigenvalue weighted by Gasteiger charge is -2.26. The summed E-state index contributed by atoms with van der Waals surface area (Å²) in [6.07, 6.45) is 1.91. The van der Waals surface area contributed by atoms with Crippen molar-refractivity contribution in [2.75, 3.05) is 19.0 Å². The van der Waals surface area contributed by atoms with E-state index in [2.05, 4.69) is 25.2 Å². The Morgan fingerprint density at radius 3 is 2.30 bits per heavy atom. The van der Waals surface area contributed by atoms with Gasteiger partial charge in [0.25, 0.3) is 5.91 Å². The van der Waals surface area contributed by atoms with Gasteiger partial charge in [-0.1, -0.05) is 36.4 Å². The van der Waals surface area contributed by atoms with Gasteiger partial charge < -0.3 is 9.64 Å². The summed E-state index contributed by atoms with van der Waals surface area (Å²) in [4.78, 5) is 32.7. The maximum Gasteiger partial charge on any atom is 0.254 e. The number of nitrogens with zero attached hydrogens (tertiary/aromatic N) is 3. The number of aromatic nitrogens is 2. The first kappa shape index (κ1) is 25.7. The van der Waals surface area contributed by atoms with Crippen molar-refractivity contribution >= 4 is 17.8 Å². The Balaban J connectivity index is 1.61. The van der Waals surface area contributed by atoms with E-state index in [4.69, 9.17) is 9.72 Å². The van der Waals surface area contributed by atoms with Crippen molar-refractivity contribution in [3.63, 3.8) is 0 Å². The highest BCUT2D eigenvalue weighted by molar-refractivity contribution is 5.99. The molecule has 0 bridgehead atoms. The average Bonchev–Trinajstić information content (AvgIpc) is 3.32. The molecule has 2 amide bonds. The van der Waals surface area contributed by atoms with Crippen LogP contribution in [-0.4, -0.2) is 46.0 Å². The molecule has 0 atom stereocenters. The maximum absolute atomic E-state index is 13.2. The summed E-state index contributed by atoms with van der Waals surface area (Å²) in [5.41, 5.74) is 5.39. The van der Waals surface area contributed by atoms with E-state index in [0.717, 1.165) is 22.5 Å². The fraction of sp³-hybridized carbons (Fsp3) is 0.233. The van der Waals surface area contributed by atoms with E-state index >= 15 is 0 Å². The number of hydrogen-bond acceptors (Lipinski definition) is 4. The minimum absolute atomic E-state index is 0.108. The summed E-state index contributed by atoms with van der Waals surface area (Å²) in [6, 6.07) is 22.6. The van der Waals surface area contributed by atoms with E-state index in [1.54, 1.807) is 36.3 Å². The Hall–Kier alpha value is -4.39. The largest absolute Gasteiger partial charge is 0.497 e. The summed E-state index contributed by atoms with van der Waals surface area (Å²) in [7, 11) is 1.58. The first-order valence-corrected chi connectivity index (χ1v) is 12.2. The van der Waals surface area contributed by atoms with Crippen LogP contribution in [-0.2, 0) is 4.79 Å². The van der Waals surface area contributed by atoms with E-state index in [1.807, 2.05) is 67.1 Å². The molecule has 1 aromatic heterocycles. The van der Waals surface area contributed by atoms with Crippen LogP contribution in [0.2, 0.25) is 0 Å². The van der Waals surface area contributed by atoms with E-state index < -0.39 is 0 Å². The first-order valence-electron chi connectivity index (χ1n) is 12.2. The molecule has 0 unspecified atom stereocenters. The van der Waals surface area contributed by atoms with Crippen LogP contribution in [0.1, 0.15) is 35.3 Å². The highest BCUT2D eigenvalue weighted by atomic mass is 16.5. The van der Waals surface area contributed by atoms with Gasteiger partial charge in [0.05, 0.1) is 12.8 Å². The molecule has 0 aliphatic carbocycles. The molecule has 0 saturated carbocycles. The number of benzene rings is 3. The summed E-state index contributed by atoms with van der Waals surface area (Å²) in [6.45, 7) is 7.78. The molecule has 7 heteroatoms. The van der Waals surface area contributed by atoms with Crippen molar-refractivity contribution in [1.82, 2.24) is 14.5 Å². The molecule has 0 saturated heterocycles. The molecule has 4 aromatic rings. The number of aryl methyl sites for hydroxylation is 2. The minimum atomic E-state index is -0.328. The second-order valence-electron chi connectivity index (χ2n) is 9.26. The fourth-order valence-corrected chi connectivity index (χ4v) is 4.00. The smallest absolute Gasteiger partial charge is 0.254 e. The molecular formula is C30H32N4O3. The number of carbonyl (C=O) groups excluding carboxylic acids is 2. The third kappa shape index (κ3) is 5.89. The number of ether oxygens (including phenoxy) is 1. The first-order chi connectivity index (χ1) is 17.8. The molecule has 3 aromatic carbocycles. The second kappa shape index (κ2) is 11.1. The Bertz CT molecular complexity index is 1390.